The highest BCUT2D eigenvalue weighted by molar-refractivity contribution is 7.99. The Labute approximate surface area is 113 Å². The summed E-state index contributed by atoms with van der Waals surface area (Å²) in [6.07, 6.45) is 2.00. The fourth-order valence-electron chi connectivity index (χ4n) is 1.97. The van der Waals surface area contributed by atoms with Gasteiger partial charge in [0.05, 0.1) is 0 Å². The number of aromatic nitrogens is 3. The van der Waals surface area contributed by atoms with Crippen LogP contribution in [0.2, 0.25) is 0 Å². The Hall–Kier alpha value is -0.750. The van der Waals surface area contributed by atoms with Crippen LogP contribution in [0.1, 0.15) is 40.5 Å². The monoisotopic (exact) mass is 272 g/mol. The molecule has 0 saturated heterocycles. The predicted octanol–water partition coefficient (Wildman–Crippen LogP) is 1.85. The lowest BCUT2D eigenvalue weighted by molar-refractivity contribution is 0.528. The van der Waals surface area contributed by atoms with Gasteiger partial charge in [-0.2, -0.15) is 0 Å². The van der Waals surface area contributed by atoms with Gasteiger partial charge < -0.3 is 5.32 Å². The fourth-order valence-corrected chi connectivity index (χ4v) is 3.12. The Morgan fingerprint density at radius 1 is 1.44 bits per heavy atom. The molecule has 2 unspecified atom stereocenters. The van der Waals surface area contributed by atoms with Crippen molar-refractivity contribution in [3.8, 4) is 0 Å². The lowest BCUT2D eigenvalue weighted by atomic mass is 10.2. The van der Waals surface area contributed by atoms with Gasteiger partial charge in [-0.3, -0.25) is 4.57 Å². The first-order chi connectivity index (χ1) is 8.58. The number of hydrogen-bond acceptors (Lipinski definition) is 4. The molecule has 2 atom stereocenters. The van der Waals surface area contributed by atoms with Gasteiger partial charge in [-0.1, -0.05) is 32.5 Å². The van der Waals surface area contributed by atoms with Crippen LogP contribution in [0.15, 0.2) is 9.95 Å². The molecule has 2 N–H and O–H groups in total. The molecule has 1 rings (SSSR count). The second-order valence-corrected chi connectivity index (χ2v) is 5.99. The SMILES string of the molecule is CCCn1c(SC(C)CC(C)NCC)n[nH]c1=O. The molecule has 0 aliphatic rings. The van der Waals surface area contributed by atoms with E-state index in [0.29, 0.717) is 11.3 Å². The molecular weight excluding hydrogens is 248 g/mol. The third-order valence-electron chi connectivity index (χ3n) is 2.72. The van der Waals surface area contributed by atoms with Crippen molar-refractivity contribution in [1.29, 1.82) is 0 Å². The summed E-state index contributed by atoms with van der Waals surface area (Å²) in [7, 11) is 0. The van der Waals surface area contributed by atoms with Crippen molar-refractivity contribution in [2.75, 3.05) is 6.54 Å². The molecule has 0 spiro atoms. The van der Waals surface area contributed by atoms with Gasteiger partial charge in [-0.25, -0.2) is 9.89 Å². The first-order valence-corrected chi connectivity index (χ1v) is 7.51. The van der Waals surface area contributed by atoms with Crippen LogP contribution in [-0.2, 0) is 6.54 Å². The smallest absolute Gasteiger partial charge is 0.314 e. The topological polar surface area (TPSA) is 62.7 Å². The fraction of sp³-hybridized carbons (Fsp3) is 0.833. The first-order valence-electron chi connectivity index (χ1n) is 6.63. The number of nitrogens with zero attached hydrogens (tertiary/aromatic N) is 2. The number of thioether (sulfide) groups is 1. The summed E-state index contributed by atoms with van der Waals surface area (Å²) in [5.74, 6) is 0. The molecule has 0 fully saturated rings. The van der Waals surface area contributed by atoms with E-state index in [-0.39, 0.29) is 5.69 Å². The molecule has 0 aliphatic heterocycles. The van der Waals surface area contributed by atoms with Crippen LogP contribution >= 0.6 is 11.8 Å². The lowest BCUT2D eigenvalue weighted by Gasteiger charge is -2.17. The highest BCUT2D eigenvalue weighted by Crippen LogP contribution is 2.23. The highest BCUT2D eigenvalue weighted by Gasteiger charge is 2.14. The third-order valence-corrected chi connectivity index (χ3v) is 3.83. The van der Waals surface area contributed by atoms with Gasteiger partial charge in [0.2, 0.25) is 0 Å². The van der Waals surface area contributed by atoms with E-state index in [4.69, 9.17) is 0 Å². The minimum atomic E-state index is -0.105. The van der Waals surface area contributed by atoms with Gasteiger partial charge in [-0.05, 0) is 26.3 Å². The third kappa shape index (κ3) is 4.49. The molecule has 0 radical (unpaired) electrons. The molecule has 1 heterocycles. The van der Waals surface area contributed by atoms with Gasteiger partial charge in [0, 0.05) is 17.8 Å². The summed E-state index contributed by atoms with van der Waals surface area (Å²) in [6.45, 7) is 10.2. The Kier molecular flexibility index (Phi) is 6.49. The normalized spacial score (nSPS) is 14.7. The molecule has 0 saturated carbocycles. The first kappa shape index (κ1) is 15.3. The zero-order valence-electron chi connectivity index (χ0n) is 11.7. The van der Waals surface area contributed by atoms with Crippen LogP contribution in [0.5, 0.6) is 0 Å². The van der Waals surface area contributed by atoms with Crippen LogP contribution < -0.4 is 11.0 Å². The Morgan fingerprint density at radius 3 is 2.78 bits per heavy atom. The van der Waals surface area contributed by atoms with E-state index < -0.39 is 0 Å². The highest BCUT2D eigenvalue weighted by atomic mass is 32.2. The summed E-state index contributed by atoms with van der Waals surface area (Å²) in [6, 6.07) is 0.489. The van der Waals surface area contributed by atoms with Crippen LogP contribution in [0.25, 0.3) is 0 Å². The molecule has 6 heteroatoms. The van der Waals surface area contributed by atoms with E-state index in [1.54, 1.807) is 16.3 Å². The number of hydrogen-bond donors (Lipinski definition) is 2. The van der Waals surface area contributed by atoms with Crippen molar-refractivity contribution in [1.82, 2.24) is 20.1 Å². The Balaban J connectivity index is 2.58. The summed E-state index contributed by atoms with van der Waals surface area (Å²) in [5, 5.41) is 11.3. The molecule has 0 amide bonds. The zero-order chi connectivity index (χ0) is 13.5. The number of H-pyrrole nitrogens is 1. The van der Waals surface area contributed by atoms with E-state index in [9.17, 15) is 4.79 Å². The van der Waals surface area contributed by atoms with Crippen molar-refractivity contribution in [3.63, 3.8) is 0 Å². The predicted molar refractivity (Wildman–Crippen MR) is 76.2 cm³/mol. The summed E-state index contributed by atoms with van der Waals surface area (Å²) < 4.78 is 1.72. The molecule has 1 aromatic rings. The quantitative estimate of drug-likeness (QED) is 0.709. The summed E-state index contributed by atoms with van der Waals surface area (Å²) in [5.41, 5.74) is -0.105. The van der Waals surface area contributed by atoms with Gasteiger partial charge in [0.25, 0.3) is 0 Å². The van der Waals surface area contributed by atoms with Crippen LogP contribution in [-0.4, -0.2) is 32.6 Å². The lowest BCUT2D eigenvalue weighted by Crippen LogP contribution is -2.28. The molecular formula is C12H24N4OS. The second-order valence-electron chi connectivity index (χ2n) is 4.59. The van der Waals surface area contributed by atoms with Crippen molar-refractivity contribution < 1.29 is 0 Å². The van der Waals surface area contributed by atoms with E-state index >= 15 is 0 Å². The van der Waals surface area contributed by atoms with Crippen molar-refractivity contribution in [2.45, 2.75) is 63.5 Å². The standard InChI is InChI=1S/C12H24N4OS/c1-5-7-16-11(17)14-15-12(16)18-10(4)8-9(3)13-6-2/h9-10,13H,5-8H2,1-4H3,(H,14,17). The molecule has 0 bridgehead atoms. The van der Waals surface area contributed by atoms with Gasteiger partial charge in [-0.15, -0.1) is 5.10 Å². The summed E-state index contributed by atoms with van der Waals surface area (Å²) in [4.78, 5) is 11.6. The van der Waals surface area contributed by atoms with Crippen LogP contribution in [0.3, 0.4) is 0 Å². The maximum Gasteiger partial charge on any atom is 0.343 e. The van der Waals surface area contributed by atoms with Crippen LogP contribution in [0, 0.1) is 0 Å². The maximum absolute atomic E-state index is 11.6. The molecule has 1 aromatic heterocycles. The molecule has 104 valence electrons. The van der Waals surface area contributed by atoms with Crippen molar-refractivity contribution >= 4 is 11.8 Å². The summed E-state index contributed by atoms with van der Waals surface area (Å²) >= 11 is 1.67. The van der Waals surface area contributed by atoms with E-state index in [1.165, 1.54) is 0 Å². The van der Waals surface area contributed by atoms with Gasteiger partial charge in [0.15, 0.2) is 5.16 Å². The molecule has 18 heavy (non-hydrogen) atoms. The zero-order valence-corrected chi connectivity index (χ0v) is 12.5. The van der Waals surface area contributed by atoms with Crippen LogP contribution in [0.4, 0.5) is 0 Å². The van der Waals surface area contributed by atoms with Crippen molar-refractivity contribution in [3.05, 3.63) is 10.5 Å². The van der Waals surface area contributed by atoms with E-state index in [2.05, 4.69) is 43.2 Å². The Morgan fingerprint density at radius 2 is 2.17 bits per heavy atom. The number of rotatable bonds is 8. The number of nitrogens with one attached hydrogen (secondary N) is 2. The largest absolute Gasteiger partial charge is 0.343 e. The minimum Gasteiger partial charge on any atom is -0.314 e. The van der Waals surface area contributed by atoms with Crippen molar-refractivity contribution in [2.24, 2.45) is 0 Å². The maximum atomic E-state index is 11.6. The Bertz CT molecular complexity index is 401. The molecule has 5 nitrogen and oxygen atoms in total. The molecule has 0 aliphatic carbocycles. The molecule has 0 aromatic carbocycles. The minimum absolute atomic E-state index is 0.105. The average Bonchev–Trinajstić information content (AvgIpc) is 2.62. The van der Waals surface area contributed by atoms with Gasteiger partial charge >= 0.3 is 5.69 Å². The van der Waals surface area contributed by atoms with E-state index in [0.717, 1.165) is 31.1 Å². The average molecular weight is 272 g/mol. The second kappa shape index (κ2) is 7.63. The number of aromatic amines is 1. The van der Waals surface area contributed by atoms with E-state index in [1.807, 2.05) is 0 Å². The van der Waals surface area contributed by atoms with Gasteiger partial charge in [0.1, 0.15) is 0 Å².